The van der Waals surface area contributed by atoms with Gasteiger partial charge in [0.2, 0.25) is 35.5 Å². The van der Waals surface area contributed by atoms with Crippen LogP contribution in [0.4, 0.5) is 39.7 Å². The molecule has 2 unspecified atom stereocenters. The van der Waals surface area contributed by atoms with Crippen LogP contribution in [0, 0.1) is 38.2 Å². The van der Waals surface area contributed by atoms with Crippen LogP contribution in [0.2, 0.25) is 0 Å². The number of aryl methyl sites for hydroxylation is 3. The van der Waals surface area contributed by atoms with Crippen LogP contribution in [-0.4, -0.2) is 204 Å². The van der Waals surface area contributed by atoms with E-state index in [1.807, 2.05) is 65.8 Å². The zero-order chi connectivity index (χ0) is 83.6. The first-order chi connectivity index (χ1) is 56.9. The summed E-state index contributed by atoms with van der Waals surface area (Å²) in [5.74, 6) is 2.01. The highest BCUT2D eigenvalue weighted by atomic mass is 32.2. The summed E-state index contributed by atoms with van der Waals surface area (Å²) in [5.41, 5.74) is 38.4. The molecule has 37 heteroatoms. The van der Waals surface area contributed by atoms with Crippen LogP contribution in [0.25, 0.3) is 33.8 Å². The van der Waals surface area contributed by atoms with Crippen molar-refractivity contribution in [2.75, 3.05) is 124 Å². The van der Waals surface area contributed by atoms with E-state index in [9.17, 15) is 21.9 Å². The maximum atomic E-state index is 14.5. The van der Waals surface area contributed by atoms with Crippen LogP contribution in [0.15, 0.2) is 124 Å². The molecule has 3 saturated heterocycles. The molecule has 648 valence electrons. The second-order valence-corrected chi connectivity index (χ2v) is 29.0. The van der Waals surface area contributed by atoms with Gasteiger partial charge in [-0.25, -0.2) is 79.3 Å². The normalized spacial score (nSPS) is 18.2. The fourth-order valence-electron chi connectivity index (χ4n) is 14.0. The Balaban J connectivity index is 0.000000201. The van der Waals surface area contributed by atoms with Gasteiger partial charge in [0.05, 0.1) is 146 Å². The summed E-state index contributed by atoms with van der Waals surface area (Å²) in [7, 11) is 4.61. The number of hydrogen-bond donors (Lipinski definition) is 8. The number of amides is 1. The van der Waals surface area contributed by atoms with Crippen molar-refractivity contribution in [3.05, 3.63) is 194 Å². The molecule has 3 aromatic carbocycles. The topological polar surface area (TPSA) is 404 Å². The minimum atomic E-state index is -0.595. The number of rotatable bonds is 18. The highest BCUT2D eigenvalue weighted by Crippen LogP contribution is 2.41. The Morgan fingerprint density at radius 2 is 0.835 bits per heavy atom. The molecule has 6 aromatic heterocycles. The number of nitrogens with two attached hydrogens (primary N) is 3. The number of hydrogen-bond acceptors (Lipinski definition) is 32. The largest absolute Gasteiger partial charge is 0.481 e. The number of hydroxylamine groups is 3. The Hall–Kier alpha value is -11.4. The van der Waals surface area contributed by atoms with E-state index in [1.165, 1.54) is 49.8 Å². The summed E-state index contributed by atoms with van der Waals surface area (Å²) < 4.78 is 92.0. The number of fused-ring (bicyclic) bond motifs is 3. The molecule has 9 aromatic rings. The van der Waals surface area contributed by atoms with E-state index >= 15 is 0 Å². The molecule has 0 aliphatic carbocycles. The number of nitrogen functional groups attached to an aromatic ring is 3. The number of benzene rings is 3. The van der Waals surface area contributed by atoms with Crippen LogP contribution in [0.1, 0.15) is 129 Å². The van der Waals surface area contributed by atoms with Gasteiger partial charge in [0, 0.05) is 105 Å². The average molecular weight is 1690 g/mol. The van der Waals surface area contributed by atoms with Gasteiger partial charge in [-0.2, -0.15) is 3.89 Å². The van der Waals surface area contributed by atoms with Crippen LogP contribution in [0.3, 0.4) is 0 Å². The van der Waals surface area contributed by atoms with Crippen LogP contribution >= 0.6 is 12.1 Å². The van der Waals surface area contributed by atoms with Gasteiger partial charge in [-0.05, 0) is 113 Å². The summed E-state index contributed by atoms with van der Waals surface area (Å²) >= 11 is 0.250. The summed E-state index contributed by atoms with van der Waals surface area (Å²) in [6.07, 6.45) is 1.74. The fourth-order valence-corrected chi connectivity index (χ4v) is 14.0. The number of ether oxygens (including phenoxy) is 7. The average Bonchev–Trinajstić information content (AvgIpc) is 0.775. The zero-order valence-electron chi connectivity index (χ0n) is 66.9. The third kappa shape index (κ3) is 24.5. The Bertz CT molecular complexity index is 4910. The second kappa shape index (κ2) is 43.7. The van der Waals surface area contributed by atoms with Crippen molar-refractivity contribution in [3.8, 4) is 51.4 Å². The maximum absolute atomic E-state index is 14.5. The highest BCUT2D eigenvalue weighted by Gasteiger charge is 2.35. The maximum Gasteiger partial charge on any atom is 0.410 e. The number of amidine groups is 3. The molecule has 6 aliphatic rings. The van der Waals surface area contributed by atoms with Crippen molar-refractivity contribution in [3.63, 3.8) is 0 Å². The molecule has 3 fully saturated rings. The quantitative estimate of drug-likeness (QED) is 0.0292. The summed E-state index contributed by atoms with van der Waals surface area (Å²) in [4.78, 5) is 86.4. The van der Waals surface area contributed by atoms with Gasteiger partial charge in [-0.15, -0.1) is 0 Å². The third-order valence-electron chi connectivity index (χ3n) is 19.1. The summed E-state index contributed by atoms with van der Waals surface area (Å²) in [5, 5.41) is 6.55. The number of carbonyl (C=O) groups is 1. The van der Waals surface area contributed by atoms with E-state index in [2.05, 4.69) is 71.9 Å². The molecular weight excluding hydrogens is 1590 g/mol. The fraction of sp³-hybridized carbons (Fsp3) is 0.417. The Labute approximate surface area is 706 Å². The van der Waals surface area contributed by atoms with E-state index in [0.29, 0.717) is 176 Å². The number of aliphatic imine (C=N–C) groups is 3. The highest BCUT2D eigenvalue weighted by molar-refractivity contribution is 7.93. The molecular formula is C84H107F4N21O11S. The van der Waals surface area contributed by atoms with Crippen molar-refractivity contribution in [2.45, 2.75) is 125 Å². The molecule has 15 rings (SSSR count). The van der Waals surface area contributed by atoms with Crippen LogP contribution < -0.4 is 58.5 Å². The first-order valence-corrected chi connectivity index (χ1v) is 39.2. The molecule has 12 heterocycles. The Morgan fingerprint density at radius 1 is 0.504 bits per heavy atom. The molecule has 0 spiro atoms. The number of nitrogens with zero attached hydrogens (tertiary/aromatic N) is 13. The van der Waals surface area contributed by atoms with Gasteiger partial charge in [0.1, 0.15) is 49.0 Å². The van der Waals surface area contributed by atoms with Crippen molar-refractivity contribution < 1.29 is 69.5 Å². The monoisotopic (exact) mass is 1690 g/mol. The summed E-state index contributed by atoms with van der Waals surface area (Å²) in [6, 6.07) is 28.5. The van der Waals surface area contributed by atoms with E-state index in [0.717, 1.165) is 52.3 Å². The number of halogens is 4. The molecule has 32 nitrogen and oxygen atoms in total. The number of aromatic nitrogens is 9. The first-order valence-electron chi connectivity index (χ1n) is 38.0. The predicted octanol–water partition coefficient (Wildman–Crippen LogP) is 11.2. The first kappa shape index (κ1) is 93.4. The van der Waals surface area contributed by atoms with Gasteiger partial charge >= 0.3 is 6.09 Å². The van der Waals surface area contributed by atoms with Crippen LogP contribution in [0.5, 0.6) is 17.6 Å². The van der Waals surface area contributed by atoms with Crippen molar-refractivity contribution >= 4 is 53.6 Å². The molecule has 0 bridgehead atoms. The van der Waals surface area contributed by atoms with E-state index < -0.39 is 35.6 Å². The number of pyridine rings is 3. The predicted molar refractivity (Wildman–Crippen MR) is 456 cm³/mol. The minimum Gasteiger partial charge on any atom is -0.481 e. The number of methoxy groups -OCH3 is 3. The SMILES string of the molecule is C.C.C.COc1cccc(-c2cc(F)ccc2[C@H]2Cc3nc(N)nc(C)c3C(NOCC3CN(C(=O)OC(C)(C)C)CCO3)=N2)n1.COc1cccc(-c2cc(F)ccc2[C@H]2Cc3nc(N)nc(C)c3C(NOCC3CNCCO3)=N2)n1.COc1cccc(-c2cc(F)ccc2[C@H]2Cc3nc(N)nc(C)c3C(NOC[C@H]3CNCCO3)=N2)n1.CSF. The van der Waals surface area contributed by atoms with Gasteiger partial charge < -0.3 is 65.9 Å². The number of morpholine rings is 3. The molecule has 1 amide bonds. The van der Waals surface area contributed by atoms with Crippen molar-refractivity contribution in [2.24, 2.45) is 15.0 Å². The third-order valence-corrected chi connectivity index (χ3v) is 19.1. The van der Waals surface area contributed by atoms with E-state index in [1.54, 1.807) is 67.7 Å². The summed E-state index contributed by atoms with van der Waals surface area (Å²) in [6.45, 7) is 17.2. The lowest BCUT2D eigenvalue weighted by atomic mass is 9.91. The van der Waals surface area contributed by atoms with Crippen molar-refractivity contribution in [1.29, 1.82) is 0 Å². The molecule has 121 heavy (non-hydrogen) atoms. The second-order valence-electron chi connectivity index (χ2n) is 28.7. The van der Waals surface area contributed by atoms with Gasteiger partial charge in [0.15, 0.2) is 17.5 Å². The van der Waals surface area contributed by atoms with Gasteiger partial charge in [0.25, 0.3) is 0 Å². The smallest absolute Gasteiger partial charge is 0.410 e. The molecule has 6 atom stereocenters. The number of anilines is 3. The Kier molecular flexibility index (Phi) is 33.7. The zero-order valence-corrected chi connectivity index (χ0v) is 67.7. The van der Waals surface area contributed by atoms with E-state index in [4.69, 9.17) is 79.8 Å². The lowest BCUT2D eigenvalue weighted by Crippen LogP contribution is -2.49. The number of nitrogens with one attached hydrogen (secondary N) is 5. The molecule has 6 aliphatic heterocycles. The van der Waals surface area contributed by atoms with E-state index in [-0.39, 0.29) is 88.8 Å². The lowest BCUT2D eigenvalue weighted by Gasteiger charge is -2.34. The van der Waals surface area contributed by atoms with Gasteiger partial charge in [-0.1, -0.05) is 58.7 Å². The molecule has 0 saturated carbocycles. The Morgan fingerprint density at radius 3 is 1.15 bits per heavy atom. The molecule has 11 N–H and O–H groups in total. The molecule has 0 radical (unpaired) electrons. The lowest BCUT2D eigenvalue weighted by molar-refractivity contribution is -0.0817. The minimum absolute atomic E-state index is 0. The van der Waals surface area contributed by atoms with Gasteiger partial charge in [-0.3, -0.25) is 29.5 Å². The number of carbonyl (C=O) groups excluding carboxylic acids is 1. The van der Waals surface area contributed by atoms with Crippen molar-refractivity contribution in [1.82, 2.24) is 76.8 Å². The van der Waals surface area contributed by atoms with Crippen LogP contribution in [-0.2, 0) is 52.7 Å². The standard InChI is InChI=1S/C30H36FN7O5.2C25H28FN7O3.CH3FS.3CH4/c1-17-26-24(36-28(32)33-17)14-23(20-10-9-18(31)13-21(20)22-7-6-8-25(34-22)40-5)35-27(26)37-42-16-19-15-38(11-12-41-19)29(39)43-30(2,3)4;2*1-14-23-21(32-25(27)29-14)11-20(31-24(23)33-36-13-16-12-28-8-9-35-16)17-7-6-15(26)10-18(17)19-4-3-5-22(30-19)34-2;1-3-2;;;/h6-10,13,19,23H,11-12,14-16H2,1-5H3,(H,35,37)(H2,32,33,36);2*3-7,10,16,20,28H,8-9,11-13H2,1-2H3,(H,31,33)(H2,27,29,32);1H3;3*1H4/t19?,23-;16?,20-;16-,20-;;;;/m111..../s1.